The van der Waals surface area contributed by atoms with Gasteiger partial charge in [-0.3, -0.25) is 14.3 Å². The number of nitrogens with one attached hydrogen (secondary N) is 1. The van der Waals surface area contributed by atoms with Crippen molar-refractivity contribution < 1.29 is 9.59 Å². The SMILES string of the molecule is Cc1ccc(CCC(=O)Nc2ccc3c(c2)CN(C(=O)CCc2cnn(C)c2)CC3)cc1. The van der Waals surface area contributed by atoms with E-state index in [2.05, 4.69) is 47.7 Å². The number of fused-ring (bicyclic) bond motifs is 1. The average molecular weight is 431 g/mol. The van der Waals surface area contributed by atoms with Gasteiger partial charge in [-0.05, 0) is 60.6 Å². The monoisotopic (exact) mass is 430 g/mol. The van der Waals surface area contributed by atoms with E-state index in [0.717, 1.165) is 41.8 Å². The Kier molecular flexibility index (Phi) is 6.69. The summed E-state index contributed by atoms with van der Waals surface area (Å²) >= 11 is 0. The number of amides is 2. The van der Waals surface area contributed by atoms with Gasteiger partial charge in [0, 0.05) is 44.9 Å². The molecule has 0 saturated carbocycles. The molecule has 0 radical (unpaired) electrons. The highest BCUT2D eigenvalue weighted by Crippen LogP contribution is 2.23. The fraction of sp³-hybridized carbons (Fsp3) is 0.346. The van der Waals surface area contributed by atoms with Crippen molar-refractivity contribution in [1.82, 2.24) is 14.7 Å². The molecule has 166 valence electrons. The summed E-state index contributed by atoms with van der Waals surface area (Å²) in [6.07, 6.45) is 6.95. The zero-order valence-corrected chi connectivity index (χ0v) is 18.8. The van der Waals surface area contributed by atoms with Gasteiger partial charge < -0.3 is 10.2 Å². The molecule has 0 bridgehead atoms. The summed E-state index contributed by atoms with van der Waals surface area (Å²) in [7, 11) is 1.88. The number of anilines is 1. The van der Waals surface area contributed by atoms with Crippen LogP contribution in [-0.2, 0) is 42.4 Å². The Morgan fingerprint density at radius 1 is 1.00 bits per heavy atom. The van der Waals surface area contributed by atoms with Crippen LogP contribution in [0.4, 0.5) is 5.69 Å². The Hall–Kier alpha value is -3.41. The standard InChI is InChI=1S/C26H30N4O2/c1-19-3-5-20(6-4-19)7-11-25(31)28-24-10-9-22-13-14-30(18-23(22)15-24)26(32)12-8-21-16-27-29(2)17-21/h3-6,9-10,15-17H,7-8,11-14,18H2,1-2H3,(H,28,31). The fourth-order valence-electron chi connectivity index (χ4n) is 4.09. The first-order chi connectivity index (χ1) is 15.5. The molecule has 1 aromatic heterocycles. The van der Waals surface area contributed by atoms with Crippen molar-refractivity contribution in [3.05, 3.63) is 82.7 Å². The summed E-state index contributed by atoms with van der Waals surface area (Å²) < 4.78 is 1.76. The van der Waals surface area contributed by atoms with Crippen molar-refractivity contribution >= 4 is 17.5 Å². The number of hydrogen-bond acceptors (Lipinski definition) is 3. The fourth-order valence-corrected chi connectivity index (χ4v) is 4.09. The third kappa shape index (κ3) is 5.63. The normalized spacial score (nSPS) is 13.0. The number of rotatable bonds is 7. The van der Waals surface area contributed by atoms with Crippen LogP contribution in [0.3, 0.4) is 0 Å². The molecule has 0 fully saturated rings. The molecule has 1 aliphatic heterocycles. The Balaban J connectivity index is 1.31. The molecule has 1 aliphatic rings. The molecule has 4 rings (SSSR count). The van der Waals surface area contributed by atoms with Crippen LogP contribution < -0.4 is 5.32 Å². The Morgan fingerprint density at radius 2 is 1.78 bits per heavy atom. The molecular formula is C26H30N4O2. The summed E-state index contributed by atoms with van der Waals surface area (Å²) in [5.74, 6) is 0.165. The van der Waals surface area contributed by atoms with Gasteiger partial charge in [-0.2, -0.15) is 5.10 Å². The highest BCUT2D eigenvalue weighted by atomic mass is 16.2. The first kappa shape index (κ1) is 21.8. The number of aromatic nitrogens is 2. The smallest absolute Gasteiger partial charge is 0.224 e. The quantitative estimate of drug-likeness (QED) is 0.620. The van der Waals surface area contributed by atoms with E-state index in [1.54, 1.807) is 4.68 Å². The topological polar surface area (TPSA) is 67.2 Å². The lowest BCUT2D eigenvalue weighted by Gasteiger charge is -2.29. The van der Waals surface area contributed by atoms with Gasteiger partial charge in [-0.1, -0.05) is 35.9 Å². The first-order valence-corrected chi connectivity index (χ1v) is 11.2. The second-order valence-corrected chi connectivity index (χ2v) is 8.60. The van der Waals surface area contributed by atoms with Gasteiger partial charge >= 0.3 is 0 Å². The Morgan fingerprint density at radius 3 is 2.53 bits per heavy atom. The lowest BCUT2D eigenvalue weighted by atomic mass is 9.98. The molecule has 6 nitrogen and oxygen atoms in total. The molecular weight excluding hydrogens is 400 g/mol. The van der Waals surface area contributed by atoms with Gasteiger partial charge in [0.05, 0.1) is 6.20 Å². The summed E-state index contributed by atoms with van der Waals surface area (Å²) in [5, 5.41) is 7.18. The van der Waals surface area contributed by atoms with Crippen LogP contribution in [0.25, 0.3) is 0 Å². The van der Waals surface area contributed by atoms with Gasteiger partial charge in [0.1, 0.15) is 0 Å². The highest BCUT2D eigenvalue weighted by molar-refractivity contribution is 5.91. The lowest BCUT2D eigenvalue weighted by molar-refractivity contribution is -0.132. The summed E-state index contributed by atoms with van der Waals surface area (Å²) in [6, 6.07) is 14.3. The van der Waals surface area contributed by atoms with Gasteiger partial charge in [0.2, 0.25) is 11.8 Å². The molecule has 2 aromatic carbocycles. The van der Waals surface area contributed by atoms with Crippen molar-refractivity contribution in [2.24, 2.45) is 7.05 Å². The molecule has 2 amide bonds. The van der Waals surface area contributed by atoms with Crippen molar-refractivity contribution in [2.75, 3.05) is 11.9 Å². The van der Waals surface area contributed by atoms with Crippen molar-refractivity contribution in [3.63, 3.8) is 0 Å². The predicted molar refractivity (Wildman–Crippen MR) is 125 cm³/mol. The molecule has 2 heterocycles. The number of nitrogens with zero attached hydrogens (tertiary/aromatic N) is 3. The molecule has 0 saturated heterocycles. The van der Waals surface area contributed by atoms with Crippen LogP contribution in [0, 0.1) is 6.92 Å². The molecule has 0 unspecified atom stereocenters. The predicted octanol–water partition coefficient (Wildman–Crippen LogP) is 3.82. The van der Waals surface area contributed by atoms with E-state index < -0.39 is 0 Å². The second kappa shape index (κ2) is 9.81. The van der Waals surface area contributed by atoms with E-state index in [9.17, 15) is 9.59 Å². The molecule has 0 spiro atoms. The number of aryl methyl sites for hydroxylation is 4. The van der Waals surface area contributed by atoms with E-state index in [1.807, 2.05) is 36.5 Å². The van der Waals surface area contributed by atoms with Gasteiger partial charge in [0.25, 0.3) is 0 Å². The van der Waals surface area contributed by atoms with Crippen LogP contribution in [0.1, 0.15) is 40.7 Å². The van der Waals surface area contributed by atoms with Crippen LogP contribution in [-0.4, -0.2) is 33.0 Å². The van der Waals surface area contributed by atoms with E-state index in [0.29, 0.717) is 25.8 Å². The summed E-state index contributed by atoms with van der Waals surface area (Å²) in [4.78, 5) is 27.1. The largest absolute Gasteiger partial charge is 0.338 e. The van der Waals surface area contributed by atoms with E-state index in [1.165, 1.54) is 11.1 Å². The van der Waals surface area contributed by atoms with Crippen molar-refractivity contribution in [2.45, 2.75) is 45.6 Å². The van der Waals surface area contributed by atoms with Gasteiger partial charge in [-0.15, -0.1) is 0 Å². The van der Waals surface area contributed by atoms with Crippen LogP contribution in [0.15, 0.2) is 54.9 Å². The maximum Gasteiger partial charge on any atom is 0.224 e. The minimum Gasteiger partial charge on any atom is -0.338 e. The van der Waals surface area contributed by atoms with Crippen LogP contribution in [0.2, 0.25) is 0 Å². The molecule has 1 N–H and O–H groups in total. The number of hydrogen-bond donors (Lipinski definition) is 1. The van der Waals surface area contributed by atoms with Crippen molar-refractivity contribution in [3.8, 4) is 0 Å². The Labute approximate surface area is 189 Å². The average Bonchev–Trinajstić information content (AvgIpc) is 3.21. The first-order valence-electron chi connectivity index (χ1n) is 11.2. The Bertz CT molecular complexity index is 1100. The zero-order chi connectivity index (χ0) is 22.5. The molecule has 3 aromatic rings. The third-order valence-corrected chi connectivity index (χ3v) is 6.00. The van der Waals surface area contributed by atoms with E-state index >= 15 is 0 Å². The van der Waals surface area contributed by atoms with Gasteiger partial charge in [0.15, 0.2) is 0 Å². The van der Waals surface area contributed by atoms with Gasteiger partial charge in [-0.25, -0.2) is 0 Å². The minimum absolute atomic E-state index is 0.00531. The second-order valence-electron chi connectivity index (χ2n) is 8.60. The van der Waals surface area contributed by atoms with Crippen LogP contribution >= 0.6 is 0 Å². The minimum atomic E-state index is 0.00531. The summed E-state index contributed by atoms with van der Waals surface area (Å²) in [6.45, 7) is 3.39. The molecule has 0 aliphatic carbocycles. The molecule has 32 heavy (non-hydrogen) atoms. The highest BCUT2D eigenvalue weighted by Gasteiger charge is 2.21. The van der Waals surface area contributed by atoms with Crippen LogP contribution in [0.5, 0.6) is 0 Å². The van der Waals surface area contributed by atoms with E-state index in [4.69, 9.17) is 0 Å². The van der Waals surface area contributed by atoms with E-state index in [-0.39, 0.29) is 11.8 Å². The maximum absolute atomic E-state index is 12.7. The lowest BCUT2D eigenvalue weighted by Crippen LogP contribution is -2.36. The molecule has 6 heteroatoms. The van der Waals surface area contributed by atoms with Crippen molar-refractivity contribution in [1.29, 1.82) is 0 Å². The number of carbonyl (C=O) groups is 2. The third-order valence-electron chi connectivity index (χ3n) is 6.00. The number of carbonyl (C=O) groups excluding carboxylic acids is 2. The molecule has 0 atom stereocenters. The maximum atomic E-state index is 12.7. The number of benzene rings is 2. The summed E-state index contributed by atoms with van der Waals surface area (Å²) in [5.41, 5.74) is 6.62. The zero-order valence-electron chi connectivity index (χ0n) is 18.8.